The van der Waals surface area contributed by atoms with E-state index >= 15 is 0 Å². The summed E-state index contributed by atoms with van der Waals surface area (Å²) in [6.07, 6.45) is 2.96. The quantitative estimate of drug-likeness (QED) is 0.705. The fourth-order valence-electron chi connectivity index (χ4n) is 3.02. The summed E-state index contributed by atoms with van der Waals surface area (Å²) >= 11 is 0. The Balaban J connectivity index is 1.67. The number of amides is 1. The van der Waals surface area contributed by atoms with Crippen LogP contribution in [0.15, 0.2) is 24.3 Å². The molecule has 1 aliphatic rings. The summed E-state index contributed by atoms with van der Waals surface area (Å²) in [6, 6.07) is 7.52. The third-order valence-electron chi connectivity index (χ3n) is 4.56. The van der Waals surface area contributed by atoms with Crippen LogP contribution in [0, 0.1) is 5.92 Å². The highest BCUT2D eigenvalue weighted by molar-refractivity contribution is 5.72. The van der Waals surface area contributed by atoms with Crippen molar-refractivity contribution in [3.8, 4) is 5.75 Å². The number of hydrogen-bond acceptors (Lipinski definition) is 5. The summed E-state index contributed by atoms with van der Waals surface area (Å²) in [4.78, 5) is 25.1. The van der Waals surface area contributed by atoms with Gasteiger partial charge in [0.05, 0.1) is 20.1 Å². The van der Waals surface area contributed by atoms with Crippen LogP contribution in [0.25, 0.3) is 0 Å². The molecule has 150 valence electrons. The average molecular weight is 377 g/mol. The van der Waals surface area contributed by atoms with Crippen LogP contribution < -0.4 is 4.74 Å². The van der Waals surface area contributed by atoms with Crippen molar-refractivity contribution in [1.29, 1.82) is 0 Å². The lowest BCUT2D eigenvalue weighted by Gasteiger charge is -2.33. The molecule has 1 heterocycles. The molecule has 0 saturated carbocycles. The minimum atomic E-state index is -0.450. The summed E-state index contributed by atoms with van der Waals surface area (Å²) in [7, 11) is 1.39. The van der Waals surface area contributed by atoms with E-state index in [1.165, 1.54) is 7.11 Å². The van der Waals surface area contributed by atoms with E-state index in [2.05, 4.69) is 4.74 Å². The normalized spacial score (nSPS) is 15.3. The highest BCUT2D eigenvalue weighted by Gasteiger charge is 2.26. The van der Waals surface area contributed by atoms with Crippen LogP contribution >= 0.6 is 0 Å². The number of benzene rings is 1. The van der Waals surface area contributed by atoms with Crippen LogP contribution in [0.2, 0.25) is 0 Å². The smallest absolute Gasteiger partial charge is 0.410 e. The predicted molar refractivity (Wildman–Crippen MR) is 103 cm³/mol. The number of hydrogen-bond donors (Lipinski definition) is 0. The highest BCUT2D eigenvalue weighted by atomic mass is 16.6. The number of likely N-dealkylation sites (tertiary alicyclic amines) is 1. The molecule has 0 spiro atoms. The van der Waals surface area contributed by atoms with Gasteiger partial charge in [0.15, 0.2) is 0 Å². The first-order chi connectivity index (χ1) is 12.8. The van der Waals surface area contributed by atoms with Gasteiger partial charge in [0, 0.05) is 13.1 Å². The van der Waals surface area contributed by atoms with Crippen LogP contribution in [0.4, 0.5) is 4.79 Å². The molecule has 2 rings (SSSR count). The molecule has 0 N–H and O–H groups in total. The summed E-state index contributed by atoms with van der Waals surface area (Å²) in [5.74, 6) is 1.11. The van der Waals surface area contributed by atoms with Crippen molar-refractivity contribution in [3.05, 3.63) is 29.8 Å². The van der Waals surface area contributed by atoms with Gasteiger partial charge in [-0.1, -0.05) is 12.1 Å². The number of ether oxygens (including phenoxy) is 3. The number of rotatable bonds is 6. The Bertz CT molecular complexity index is 612. The lowest BCUT2D eigenvalue weighted by molar-refractivity contribution is -0.139. The Labute approximate surface area is 161 Å². The fourth-order valence-corrected chi connectivity index (χ4v) is 3.02. The van der Waals surface area contributed by atoms with Crippen molar-refractivity contribution in [3.63, 3.8) is 0 Å². The minimum Gasteiger partial charge on any atom is -0.494 e. The van der Waals surface area contributed by atoms with Crippen molar-refractivity contribution in [1.82, 2.24) is 4.90 Å². The van der Waals surface area contributed by atoms with Crippen molar-refractivity contribution in [2.45, 2.75) is 52.1 Å². The van der Waals surface area contributed by atoms with Crippen molar-refractivity contribution in [2.75, 3.05) is 26.8 Å². The first kappa shape index (κ1) is 21.1. The van der Waals surface area contributed by atoms with Crippen LogP contribution in [0.5, 0.6) is 5.75 Å². The van der Waals surface area contributed by atoms with Crippen molar-refractivity contribution < 1.29 is 23.8 Å². The number of esters is 1. The topological polar surface area (TPSA) is 65.1 Å². The van der Waals surface area contributed by atoms with E-state index in [9.17, 15) is 9.59 Å². The van der Waals surface area contributed by atoms with Gasteiger partial charge < -0.3 is 19.1 Å². The molecule has 0 radical (unpaired) electrons. The van der Waals surface area contributed by atoms with Gasteiger partial charge in [0.25, 0.3) is 0 Å². The molecule has 0 aliphatic carbocycles. The molecule has 27 heavy (non-hydrogen) atoms. The zero-order valence-electron chi connectivity index (χ0n) is 16.8. The zero-order valence-corrected chi connectivity index (χ0v) is 16.8. The second kappa shape index (κ2) is 9.62. The van der Waals surface area contributed by atoms with E-state index in [-0.39, 0.29) is 18.5 Å². The summed E-state index contributed by atoms with van der Waals surface area (Å²) in [5.41, 5.74) is 0.456. The van der Waals surface area contributed by atoms with E-state index in [4.69, 9.17) is 9.47 Å². The molecule has 1 aromatic carbocycles. The number of carbonyl (C=O) groups is 2. The zero-order chi connectivity index (χ0) is 19.9. The molecule has 6 heteroatoms. The summed E-state index contributed by atoms with van der Waals surface area (Å²) in [6.45, 7) is 7.78. The Morgan fingerprint density at radius 1 is 1.11 bits per heavy atom. The Morgan fingerprint density at radius 2 is 1.74 bits per heavy atom. The molecule has 6 nitrogen and oxygen atoms in total. The van der Waals surface area contributed by atoms with Gasteiger partial charge in [-0.2, -0.15) is 0 Å². The molecule has 1 aromatic rings. The predicted octanol–water partition coefficient (Wildman–Crippen LogP) is 3.82. The van der Waals surface area contributed by atoms with Crippen molar-refractivity contribution in [2.24, 2.45) is 5.92 Å². The van der Waals surface area contributed by atoms with E-state index < -0.39 is 5.60 Å². The first-order valence-corrected chi connectivity index (χ1v) is 9.53. The van der Waals surface area contributed by atoms with E-state index in [0.29, 0.717) is 12.5 Å². The molecular formula is C21H31NO5. The average Bonchev–Trinajstić information content (AvgIpc) is 2.62. The molecular weight excluding hydrogens is 346 g/mol. The van der Waals surface area contributed by atoms with Crippen LogP contribution in [0.3, 0.4) is 0 Å². The third kappa shape index (κ3) is 7.49. The lowest BCUT2D eigenvalue weighted by Crippen LogP contribution is -2.41. The van der Waals surface area contributed by atoms with Gasteiger partial charge in [-0.3, -0.25) is 4.79 Å². The van der Waals surface area contributed by atoms with E-state index in [1.54, 1.807) is 4.90 Å². The number of carbonyl (C=O) groups excluding carboxylic acids is 2. The molecule has 1 aliphatic heterocycles. The Hall–Kier alpha value is -2.24. The van der Waals surface area contributed by atoms with Gasteiger partial charge in [0.1, 0.15) is 11.4 Å². The van der Waals surface area contributed by atoms with Gasteiger partial charge in [-0.15, -0.1) is 0 Å². The number of methoxy groups -OCH3 is 1. The summed E-state index contributed by atoms with van der Waals surface area (Å²) < 4.78 is 15.9. The maximum atomic E-state index is 12.1. The third-order valence-corrected chi connectivity index (χ3v) is 4.56. The summed E-state index contributed by atoms with van der Waals surface area (Å²) in [5, 5.41) is 0. The maximum absolute atomic E-state index is 12.1. The SMILES string of the molecule is COC(=O)Cc1ccc(OCCC2CCN(C(=O)OC(C)(C)C)CC2)cc1. The van der Waals surface area contributed by atoms with Crippen LogP contribution in [-0.2, 0) is 20.7 Å². The monoisotopic (exact) mass is 377 g/mol. The molecule has 0 aromatic heterocycles. The molecule has 1 amide bonds. The van der Waals surface area contributed by atoms with Crippen molar-refractivity contribution >= 4 is 12.1 Å². The lowest BCUT2D eigenvalue weighted by atomic mass is 9.94. The Kier molecular flexibility index (Phi) is 7.51. The van der Waals surface area contributed by atoms with E-state index in [0.717, 1.165) is 43.7 Å². The van der Waals surface area contributed by atoms with Crippen LogP contribution in [-0.4, -0.2) is 49.4 Å². The molecule has 1 saturated heterocycles. The second-order valence-corrected chi connectivity index (χ2v) is 7.94. The van der Waals surface area contributed by atoms with Crippen LogP contribution in [0.1, 0.15) is 45.6 Å². The molecule has 0 bridgehead atoms. The second-order valence-electron chi connectivity index (χ2n) is 7.94. The Morgan fingerprint density at radius 3 is 2.30 bits per heavy atom. The molecule has 0 unspecified atom stereocenters. The van der Waals surface area contributed by atoms with Gasteiger partial charge in [0.2, 0.25) is 0 Å². The highest BCUT2D eigenvalue weighted by Crippen LogP contribution is 2.23. The number of nitrogens with zero attached hydrogens (tertiary/aromatic N) is 1. The van der Waals surface area contributed by atoms with Gasteiger partial charge in [-0.05, 0) is 63.6 Å². The first-order valence-electron chi connectivity index (χ1n) is 9.53. The largest absolute Gasteiger partial charge is 0.494 e. The van der Waals surface area contributed by atoms with E-state index in [1.807, 2.05) is 45.0 Å². The molecule has 0 atom stereocenters. The molecule has 1 fully saturated rings. The fraction of sp³-hybridized carbons (Fsp3) is 0.619. The van der Waals surface area contributed by atoms with Gasteiger partial charge in [-0.25, -0.2) is 4.79 Å². The number of piperidine rings is 1. The standard InChI is InChI=1S/C21H31NO5/c1-21(2,3)27-20(24)22-12-9-16(10-13-22)11-14-26-18-7-5-17(6-8-18)15-19(23)25-4/h5-8,16H,9-15H2,1-4H3. The maximum Gasteiger partial charge on any atom is 0.410 e. The minimum absolute atomic E-state index is 0.218. The van der Waals surface area contributed by atoms with Gasteiger partial charge >= 0.3 is 12.1 Å².